The zero-order valence-electron chi connectivity index (χ0n) is 23.4. The van der Waals surface area contributed by atoms with Gasteiger partial charge in [-0.1, -0.05) is 33.1 Å². The smallest absolute Gasteiger partial charge is 0.308 e. The lowest BCUT2D eigenvalue weighted by Gasteiger charge is -2.23. The fourth-order valence-corrected chi connectivity index (χ4v) is 6.80. The van der Waals surface area contributed by atoms with Gasteiger partial charge in [-0.2, -0.15) is 0 Å². The first kappa shape index (κ1) is 34.9. The molecule has 0 spiro atoms. The lowest BCUT2D eigenvalue weighted by Crippen LogP contribution is -2.42. The number of nitrogens with zero attached hydrogens (tertiary/aromatic N) is 3. The summed E-state index contributed by atoms with van der Waals surface area (Å²) in [6.45, 7) is 5.91. The average Bonchev–Trinajstić information content (AvgIpc) is 3.28. The second kappa shape index (κ2) is 19.0. The van der Waals surface area contributed by atoms with E-state index in [1.165, 1.54) is 0 Å². The predicted molar refractivity (Wildman–Crippen MR) is 154 cm³/mol. The number of hydrogen-bond acceptors (Lipinski definition) is 10. The standard InChI is InChI=1S/C25H44N6O6S2/c1-24(2,3)37-23(35)15-19(30-21(33)9-5-4-7-14-29-31-27)16-36-22(34)11-10-20(32)28-13-8-6-12-25(26)17-38-39-18-25/h19H,4-18,26H2,1-3H3,(H,28,32)(H,30,33)/t19-/m0/s1. The fraction of sp³-hybridized carbons (Fsp3) is 0.840. The van der Waals surface area contributed by atoms with E-state index >= 15 is 0 Å². The van der Waals surface area contributed by atoms with Crippen LogP contribution in [0.5, 0.6) is 0 Å². The maximum Gasteiger partial charge on any atom is 0.308 e. The van der Waals surface area contributed by atoms with Crippen LogP contribution in [-0.4, -0.2) is 72.1 Å². The molecule has 0 aromatic rings. The molecule has 1 saturated heterocycles. The van der Waals surface area contributed by atoms with Crippen LogP contribution in [0.2, 0.25) is 0 Å². The Morgan fingerprint density at radius 1 is 1.00 bits per heavy atom. The topological polar surface area (TPSA) is 186 Å². The summed E-state index contributed by atoms with van der Waals surface area (Å²) in [6, 6.07) is -0.754. The van der Waals surface area contributed by atoms with Crippen LogP contribution in [0, 0.1) is 0 Å². The number of ether oxygens (including phenoxy) is 2. The Kier molecular flexibility index (Phi) is 17.0. The quantitative estimate of drug-likeness (QED) is 0.0504. The lowest BCUT2D eigenvalue weighted by molar-refractivity contribution is -0.157. The van der Waals surface area contributed by atoms with Crippen molar-refractivity contribution in [3.63, 3.8) is 0 Å². The third-order valence-electron chi connectivity index (χ3n) is 5.62. The van der Waals surface area contributed by atoms with Crippen LogP contribution in [0.3, 0.4) is 0 Å². The number of rotatable bonds is 19. The molecule has 1 rings (SSSR count). The van der Waals surface area contributed by atoms with E-state index < -0.39 is 23.6 Å². The number of nitrogens with two attached hydrogens (primary N) is 1. The summed E-state index contributed by atoms with van der Waals surface area (Å²) in [4.78, 5) is 51.6. The minimum Gasteiger partial charge on any atom is -0.463 e. The lowest BCUT2D eigenvalue weighted by atomic mass is 9.98. The second-order valence-corrected chi connectivity index (χ2v) is 13.2. The summed E-state index contributed by atoms with van der Waals surface area (Å²) in [5, 5.41) is 8.99. The first-order valence-corrected chi connectivity index (χ1v) is 15.9. The predicted octanol–water partition coefficient (Wildman–Crippen LogP) is 3.78. The largest absolute Gasteiger partial charge is 0.463 e. The van der Waals surface area contributed by atoms with Crippen molar-refractivity contribution in [2.45, 2.75) is 102 Å². The molecule has 0 unspecified atom stereocenters. The molecule has 222 valence electrons. The molecule has 2 amide bonds. The van der Waals surface area contributed by atoms with E-state index in [0.717, 1.165) is 30.8 Å². The van der Waals surface area contributed by atoms with Crippen molar-refractivity contribution >= 4 is 45.3 Å². The van der Waals surface area contributed by atoms with E-state index in [1.807, 2.05) is 0 Å². The van der Waals surface area contributed by atoms with Gasteiger partial charge < -0.3 is 25.8 Å². The number of esters is 2. The van der Waals surface area contributed by atoms with E-state index in [2.05, 4.69) is 20.7 Å². The molecular weight excluding hydrogens is 544 g/mol. The van der Waals surface area contributed by atoms with Crippen LogP contribution in [0.25, 0.3) is 10.4 Å². The highest BCUT2D eigenvalue weighted by molar-refractivity contribution is 8.77. The Morgan fingerprint density at radius 3 is 2.38 bits per heavy atom. The number of azide groups is 1. The minimum atomic E-state index is -0.754. The molecule has 12 nitrogen and oxygen atoms in total. The second-order valence-electron chi connectivity index (χ2n) is 10.7. The zero-order chi connectivity index (χ0) is 29.2. The Hall–Kier alpha value is -2.15. The number of unbranched alkanes of at least 4 members (excludes halogenated alkanes) is 3. The van der Waals surface area contributed by atoms with Gasteiger partial charge in [0.15, 0.2) is 0 Å². The highest BCUT2D eigenvalue weighted by Crippen LogP contribution is 2.38. The third kappa shape index (κ3) is 18.7. The molecule has 0 bridgehead atoms. The first-order chi connectivity index (χ1) is 18.4. The summed E-state index contributed by atoms with van der Waals surface area (Å²) in [7, 11) is 3.60. The number of carbonyl (C=O) groups is 4. The van der Waals surface area contributed by atoms with Gasteiger partial charge in [-0.15, -0.1) is 0 Å². The van der Waals surface area contributed by atoms with Gasteiger partial charge in [0.2, 0.25) is 11.8 Å². The molecule has 0 radical (unpaired) electrons. The van der Waals surface area contributed by atoms with Crippen LogP contribution >= 0.6 is 21.6 Å². The van der Waals surface area contributed by atoms with Crippen molar-refractivity contribution in [2.75, 3.05) is 31.2 Å². The summed E-state index contributed by atoms with van der Waals surface area (Å²) < 4.78 is 10.6. The Balaban J connectivity index is 2.36. The van der Waals surface area contributed by atoms with Gasteiger partial charge in [0.1, 0.15) is 12.2 Å². The van der Waals surface area contributed by atoms with Gasteiger partial charge in [0.05, 0.1) is 18.9 Å². The monoisotopic (exact) mass is 588 g/mol. The van der Waals surface area contributed by atoms with E-state index in [4.69, 9.17) is 20.7 Å². The third-order valence-corrected chi connectivity index (χ3v) is 8.38. The van der Waals surface area contributed by atoms with Crippen molar-refractivity contribution in [3.05, 3.63) is 10.4 Å². The molecule has 1 fully saturated rings. The Morgan fingerprint density at radius 2 is 1.72 bits per heavy atom. The van der Waals surface area contributed by atoms with Crippen LogP contribution < -0.4 is 16.4 Å². The Labute approximate surface area is 239 Å². The molecule has 0 aliphatic carbocycles. The van der Waals surface area contributed by atoms with Gasteiger partial charge in [-0.25, -0.2) is 0 Å². The average molecular weight is 589 g/mol. The van der Waals surface area contributed by atoms with Gasteiger partial charge in [-0.05, 0) is 58.4 Å². The van der Waals surface area contributed by atoms with Crippen molar-refractivity contribution < 1.29 is 28.7 Å². The van der Waals surface area contributed by atoms with Crippen LogP contribution in [0.4, 0.5) is 0 Å². The van der Waals surface area contributed by atoms with Gasteiger partial charge in [0, 0.05) is 47.9 Å². The molecule has 1 aliphatic rings. The van der Waals surface area contributed by atoms with E-state index in [0.29, 0.717) is 32.4 Å². The number of nitrogens with one attached hydrogen (secondary N) is 2. The molecular formula is C25H44N6O6S2. The molecule has 1 heterocycles. The molecule has 1 aliphatic heterocycles. The van der Waals surface area contributed by atoms with Crippen LogP contribution in [0.1, 0.15) is 85.0 Å². The van der Waals surface area contributed by atoms with E-state index in [9.17, 15) is 19.2 Å². The molecule has 0 aromatic heterocycles. The molecule has 0 aromatic carbocycles. The summed E-state index contributed by atoms with van der Waals surface area (Å²) in [5.41, 5.74) is 13.8. The first-order valence-electron chi connectivity index (χ1n) is 13.4. The van der Waals surface area contributed by atoms with Gasteiger partial charge >= 0.3 is 11.9 Å². The zero-order valence-corrected chi connectivity index (χ0v) is 25.0. The van der Waals surface area contributed by atoms with Gasteiger partial charge in [0.25, 0.3) is 0 Å². The summed E-state index contributed by atoms with van der Waals surface area (Å²) >= 11 is 0. The SMILES string of the molecule is CC(C)(C)OC(=O)C[C@@H](COC(=O)CCC(=O)NCCCCC1(N)CSSC1)NC(=O)CCCCCN=[N+]=[N-]. The van der Waals surface area contributed by atoms with E-state index in [1.54, 1.807) is 42.4 Å². The number of amides is 2. The van der Waals surface area contributed by atoms with Crippen LogP contribution in [-0.2, 0) is 28.7 Å². The molecule has 1 atom stereocenters. The molecule has 0 saturated carbocycles. The normalized spacial score (nSPS) is 15.1. The van der Waals surface area contributed by atoms with E-state index in [-0.39, 0.29) is 49.6 Å². The number of carbonyl (C=O) groups excluding carboxylic acids is 4. The van der Waals surface area contributed by atoms with Crippen molar-refractivity contribution in [3.8, 4) is 0 Å². The molecule has 4 N–H and O–H groups in total. The highest BCUT2D eigenvalue weighted by Gasteiger charge is 2.30. The maximum absolute atomic E-state index is 12.4. The van der Waals surface area contributed by atoms with Crippen LogP contribution in [0.15, 0.2) is 5.11 Å². The van der Waals surface area contributed by atoms with Gasteiger partial charge in [-0.3, -0.25) is 19.2 Å². The maximum atomic E-state index is 12.4. The minimum absolute atomic E-state index is 0.00806. The van der Waals surface area contributed by atoms with Crippen molar-refractivity contribution in [1.82, 2.24) is 10.6 Å². The number of hydrogen-bond donors (Lipinski definition) is 3. The van der Waals surface area contributed by atoms with Crippen molar-refractivity contribution in [2.24, 2.45) is 10.8 Å². The molecule has 39 heavy (non-hydrogen) atoms. The fourth-order valence-electron chi connectivity index (χ4n) is 3.63. The van der Waals surface area contributed by atoms with Crippen molar-refractivity contribution in [1.29, 1.82) is 0 Å². The summed E-state index contributed by atoms with van der Waals surface area (Å²) in [6.07, 6.45) is 4.61. The summed E-state index contributed by atoms with van der Waals surface area (Å²) in [5.74, 6) is 0.272. The Bertz CT molecular complexity index is 841. The molecule has 14 heteroatoms. The highest BCUT2D eigenvalue weighted by atomic mass is 33.1.